The van der Waals surface area contributed by atoms with Gasteiger partial charge in [0.05, 0.1) is 12.1 Å². The molecule has 0 aliphatic rings. The first-order chi connectivity index (χ1) is 13.3. The minimum atomic E-state index is -0.0421. The second kappa shape index (κ2) is 7.87. The second-order valence-corrected chi connectivity index (χ2v) is 6.45. The Bertz CT molecular complexity index is 993. The topological polar surface area (TPSA) is 46.3 Å². The molecular formula is C23H20N2O2. The van der Waals surface area contributed by atoms with E-state index in [1.54, 1.807) is 24.5 Å². The van der Waals surface area contributed by atoms with Gasteiger partial charge < -0.3 is 9.32 Å². The van der Waals surface area contributed by atoms with E-state index in [9.17, 15) is 4.79 Å². The van der Waals surface area contributed by atoms with Crippen LogP contribution in [0.25, 0.3) is 11.0 Å². The van der Waals surface area contributed by atoms with E-state index in [4.69, 9.17) is 4.42 Å². The van der Waals surface area contributed by atoms with Crippen LogP contribution in [-0.2, 0) is 13.0 Å². The zero-order valence-electron chi connectivity index (χ0n) is 14.9. The summed E-state index contributed by atoms with van der Waals surface area (Å²) in [6.07, 6.45) is 4.06. The van der Waals surface area contributed by atoms with Crippen LogP contribution in [0.2, 0.25) is 0 Å². The third-order valence-electron chi connectivity index (χ3n) is 4.53. The molecule has 0 unspecified atom stereocenters. The fourth-order valence-corrected chi connectivity index (χ4v) is 3.14. The smallest absolute Gasteiger partial charge is 0.255 e. The van der Waals surface area contributed by atoms with E-state index in [1.165, 1.54) is 5.56 Å². The Labute approximate surface area is 158 Å². The van der Waals surface area contributed by atoms with Crippen LogP contribution in [0.5, 0.6) is 0 Å². The summed E-state index contributed by atoms with van der Waals surface area (Å²) in [5, 5.41) is 1.05. The van der Waals surface area contributed by atoms with E-state index >= 15 is 0 Å². The Kier molecular flexibility index (Phi) is 4.97. The number of furan rings is 1. The maximum atomic E-state index is 13.0. The third-order valence-corrected chi connectivity index (χ3v) is 4.53. The molecule has 0 fully saturated rings. The van der Waals surface area contributed by atoms with Crippen LogP contribution < -0.4 is 0 Å². The predicted molar refractivity (Wildman–Crippen MR) is 105 cm³/mol. The minimum Gasteiger partial charge on any atom is -0.459 e. The molecule has 0 saturated carbocycles. The molecular weight excluding hydrogens is 336 g/mol. The fraction of sp³-hybridized carbons (Fsp3) is 0.130. The van der Waals surface area contributed by atoms with E-state index in [0.29, 0.717) is 18.7 Å². The first kappa shape index (κ1) is 17.0. The number of rotatable bonds is 6. The lowest BCUT2D eigenvalue weighted by Crippen LogP contribution is -2.32. The van der Waals surface area contributed by atoms with Crippen LogP contribution in [0, 0.1) is 0 Å². The fourth-order valence-electron chi connectivity index (χ4n) is 3.14. The molecule has 4 nitrogen and oxygen atoms in total. The monoisotopic (exact) mass is 356 g/mol. The van der Waals surface area contributed by atoms with Crippen molar-refractivity contribution in [3.63, 3.8) is 0 Å². The van der Waals surface area contributed by atoms with Crippen molar-refractivity contribution in [2.45, 2.75) is 13.0 Å². The molecule has 0 aliphatic heterocycles. The van der Waals surface area contributed by atoms with Crippen molar-refractivity contribution in [3.05, 3.63) is 102 Å². The van der Waals surface area contributed by atoms with Gasteiger partial charge in [0.15, 0.2) is 0 Å². The number of para-hydroxylation sites is 1. The van der Waals surface area contributed by atoms with E-state index in [0.717, 1.165) is 23.2 Å². The molecule has 0 saturated heterocycles. The maximum absolute atomic E-state index is 13.0. The van der Waals surface area contributed by atoms with Gasteiger partial charge in [-0.1, -0.05) is 48.5 Å². The molecule has 0 radical (unpaired) electrons. The van der Waals surface area contributed by atoms with Gasteiger partial charge in [0, 0.05) is 24.3 Å². The summed E-state index contributed by atoms with van der Waals surface area (Å²) in [6, 6.07) is 23.6. The minimum absolute atomic E-state index is 0.0421. The Morgan fingerprint density at radius 3 is 2.56 bits per heavy atom. The number of amides is 1. The van der Waals surface area contributed by atoms with Crippen LogP contribution >= 0.6 is 0 Å². The molecule has 4 heteroatoms. The molecule has 0 atom stereocenters. The molecule has 0 spiro atoms. The highest BCUT2D eigenvalue weighted by molar-refractivity contribution is 5.93. The summed E-state index contributed by atoms with van der Waals surface area (Å²) >= 11 is 0. The van der Waals surface area contributed by atoms with Crippen molar-refractivity contribution in [1.82, 2.24) is 9.88 Å². The molecule has 134 valence electrons. The van der Waals surface area contributed by atoms with Crippen LogP contribution in [0.1, 0.15) is 21.7 Å². The highest BCUT2D eigenvalue weighted by Crippen LogP contribution is 2.21. The Balaban J connectivity index is 1.57. The summed E-state index contributed by atoms with van der Waals surface area (Å²) < 4.78 is 5.93. The lowest BCUT2D eigenvalue weighted by Gasteiger charge is -2.21. The lowest BCUT2D eigenvalue weighted by atomic mass is 10.1. The van der Waals surface area contributed by atoms with E-state index < -0.39 is 0 Å². The highest BCUT2D eigenvalue weighted by atomic mass is 16.3. The van der Waals surface area contributed by atoms with Crippen molar-refractivity contribution in [2.24, 2.45) is 0 Å². The number of hydrogen-bond donors (Lipinski definition) is 0. The van der Waals surface area contributed by atoms with Gasteiger partial charge in [-0.2, -0.15) is 0 Å². The second-order valence-electron chi connectivity index (χ2n) is 6.45. The zero-order valence-corrected chi connectivity index (χ0v) is 14.9. The van der Waals surface area contributed by atoms with Crippen molar-refractivity contribution in [3.8, 4) is 0 Å². The first-order valence-electron chi connectivity index (χ1n) is 9.00. The quantitative estimate of drug-likeness (QED) is 0.502. The van der Waals surface area contributed by atoms with Crippen LogP contribution in [0.4, 0.5) is 0 Å². The van der Waals surface area contributed by atoms with Gasteiger partial charge >= 0.3 is 0 Å². The zero-order chi connectivity index (χ0) is 18.5. The standard InChI is InChI=1S/C23H20N2O2/c26-23(20-10-6-13-24-16-20)25(14-12-18-7-2-1-3-8-18)17-21-15-19-9-4-5-11-22(19)27-21/h1-11,13,15-16H,12,14,17H2. The predicted octanol–water partition coefficient (Wildman–Crippen LogP) is 4.71. The highest BCUT2D eigenvalue weighted by Gasteiger charge is 2.18. The molecule has 27 heavy (non-hydrogen) atoms. The molecule has 0 aliphatic carbocycles. The number of carbonyl (C=O) groups excluding carboxylic acids is 1. The molecule has 0 bridgehead atoms. The molecule has 0 N–H and O–H groups in total. The van der Waals surface area contributed by atoms with Crippen LogP contribution in [-0.4, -0.2) is 22.3 Å². The molecule has 2 heterocycles. The van der Waals surface area contributed by atoms with Gasteiger partial charge in [-0.25, -0.2) is 0 Å². The first-order valence-corrected chi connectivity index (χ1v) is 9.00. The van der Waals surface area contributed by atoms with E-state index in [2.05, 4.69) is 17.1 Å². The van der Waals surface area contributed by atoms with Crippen molar-refractivity contribution >= 4 is 16.9 Å². The van der Waals surface area contributed by atoms with Crippen molar-refractivity contribution in [1.29, 1.82) is 0 Å². The summed E-state index contributed by atoms with van der Waals surface area (Å²) in [7, 11) is 0. The molecule has 4 aromatic rings. The van der Waals surface area contributed by atoms with Gasteiger partial charge in [0.25, 0.3) is 5.91 Å². The molecule has 2 aromatic carbocycles. The molecule has 4 rings (SSSR count). The van der Waals surface area contributed by atoms with Gasteiger partial charge in [-0.15, -0.1) is 0 Å². The van der Waals surface area contributed by atoms with Crippen molar-refractivity contribution < 1.29 is 9.21 Å². The number of benzene rings is 2. The van der Waals surface area contributed by atoms with Gasteiger partial charge in [0.2, 0.25) is 0 Å². The summed E-state index contributed by atoms with van der Waals surface area (Å²) in [5.41, 5.74) is 2.62. The number of hydrogen-bond acceptors (Lipinski definition) is 3. The van der Waals surface area contributed by atoms with Gasteiger partial charge in [-0.3, -0.25) is 9.78 Å². The number of aromatic nitrogens is 1. The lowest BCUT2D eigenvalue weighted by molar-refractivity contribution is 0.0734. The molecule has 2 aromatic heterocycles. The van der Waals surface area contributed by atoms with Crippen LogP contribution in [0.3, 0.4) is 0 Å². The van der Waals surface area contributed by atoms with Crippen LogP contribution in [0.15, 0.2) is 89.6 Å². The number of pyridine rings is 1. The summed E-state index contributed by atoms with van der Waals surface area (Å²) in [5.74, 6) is 0.737. The van der Waals surface area contributed by atoms with Gasteiger partial charge in [-0.05, 0) is 36.2 Å². The number of nitrogens with zero attached hydrogens (tertiary/aromatic N) is 2. The van der Waals surface area contributed by atoms with E-state index in [1.807, 2.05) is 53.4 Å². The third kappa shape index (κ3) is 4.06. The average molecular weight is 356 g/mol. The Hall–Kier alpha value is -3.40. The maximum Gasteiger partial charge on any atom is 0.255 e. The van der Waals surface area contributed by atoms with E-state index in [-0.39, 0.29) is 5.91 Å². The Morgan fingerprint density at radius 2 is 1.78 bits per heavy atom. The normalized spacial score (nSPS) is 10.8. The Morgan fingerprint density at radius 1 is 0.963 bits per heavy atom. The summed E-state index contributed by atoms with van der Waals surface area (Å²) in [4.78, 5) is 18.9. The largest absolute Gasteiger partial charge is 0.459 e. The average Bonchev–Trinajstić information content (AvgIpc) is 3.14. The summed E-state index contributed by atoms with van der Waals surface area (Å²) in [6.45, 7) is 1.03. The number of carbonyl (C=O) groups is 1. The number of fused-ring (bicyclic) bond motifs is 1. The molecule has 1 amide bonds. The SMILES string of the molecule is O=C(c1cccnc1)N(CCc1ccccc1)Cc1cc2ccccc2o1. The van der Waals surface area contributed by atoms with Gasteiger partial charge in [0.1, 0.15) is 11.3 Å². The van der Waals surface area contributed by atoms with Crippen molar-refractivity contribution in [2.75, 3.05) is 6.54 Å².